The molecule has 0 radical (unpaired) electrons. The SMILES string of the molecule is C[C@H](N)CS(=O)(=O)c1ccc(-c2cccc3[nH]c(C(=O)O)nc23)c(C2=NCN=N2)c1S(N)(=O)=O. The normalized spacial score (nSPS) is 15.0. The third kappa shape index (κ3) is 4.21. The summed E-state index contributed by atoms with van der Waals surface area (Å²) in [6.45, 7) is 1.38. The van der Waals surface area contributed by atoms with Gasteiger partial charge in [-0.15, -0.1) is 5.11 Å². The van der Waals surface area contributed by atoms with Gasteiger partial charge < -0.3 is 15.8 Å². The van der Waals surface area contributed by atoms with E-state index in [4.69, 9.17) is 10.9 Å². The molecule has 4 rings (SSSR count). The summed E-state index contributed by atoms with van der Waals surface area (Å²) in [6, 6.07) is 6.47. The van der Waals surface area contributed by atoms with E-state index in [9.17, 15) is 26.7 Å². The largest absolute Gasteiger partial charge is 0.475 e. The second kappa shape index (κ2) is 8.35. The first-order chi connectivity index (χ1) is 15.9. The van der Waals surface area contributed by atoms with E-state index in [-0.39, 0.29) is 35.0 Å². The van der Waals surface area contributed by atoms with Gasteiger partial charge in [0.05, 0.1) is 27.2 Å². The highest BCUT2D eigenvalue weighted by atomic mass is 32.2. The van der Waals surface area contributed by atoms with Crippen molar-refractivity contribution in [1.82, 2.24) is 9.97 Å². The highest BCUT2D eigenvalue weighted by molar-refractivity contribution is 7.93. The number of H-pyrrole nitrogens is 1. The standard InChI is InChI=1S/C19H19N7O6S2/c1-9(20)7-33(29,30)13-6-5-10(14(16(13)34(21,31)32)17-22-8-23-26-17)11-3-2-4-12-15(11)25-18(24-12)19(27)28/h2-6,9H,7-8,20H2,1H3,(H,24,25)(H,27,28)(H2,21,31,32)/t9-/m0/s1. The Morgan fingerprint density at radius 3 is 2.50 bits per heavy atom. The first-order valence-corrected chi connectivity index (χ1v) is 12.9. The molecule has 0 bridgehead atoms. The number of sulfonamides is 1. The van der Waals surface area contributed by atoms with E-state index in [2.05, 4.69) is 25.2 Å². The minimum Gasteiger partial charge on any atom is -0.475 e. The zero-order chi connectivity index (χ0) is 24.8. The number of carboxylic acids is 1. The molecule has 13 nitrogen and oxygen atoms in total. The molecule has 0 aliphatic carbocycles. The van der Waals surface area contributed by atoms with Crippen molar-refractivity contribution in [2.24, 2.45) is 26.1 Å². The number of carboxylic acid groups (broad SMARTS) is 1. The maximum absolute atomic E-state index is 13.0. The first kappa shape index (κ1) is 23.6. The Morgan fingerprint density at radius 1 is 1.18 bits per heavy atom. The predicted molar refractivity (Wildman–Crippen MR) is 122 cm³/mol. The molecule has 2 heterocycles. The van der Waals surface area contributed by atoms with Gasteiger partial charge in [-0.25, -0.2) is 36.7 Å². The number of hydrogen-bond acceptors (Lipinski definition) is 10. The van der Waals surface area contributed by atoms with Gasteiger partial charge in [0.2, 0.25) is 15.8 Å². The maximum atomic E-state index is 13.0. The highest BCUT2D eigenvalue weighted by Crippen LogP contribution is 2.37. The molecule has 0 unspecified atom stereocenters. The highest BCUT2D eigenvalue weighted by Gasteiger charge is 2.33. The molecule has 0 saturated carbocycles. The number of nitrogens with one attached hydrogen (secondary N) is 1. The Kier molecular flexibility index (Phi) is 5.80. The van der Waals surface area contributed by atoms with Crippen LogP contribution in [0.1, 0.15) is 23.1 Å². The molecule has 0 fully saturated rings. The molecule has 0 saturated heterocycles. The number of sulfone groups is 1. The van der Waals surface area contributed by atoms with Gasteiger partial charge in [0.25, 0.3) is 0 Å². The molecule has 15 heteroatoms. The maximum Gasteiger partial charge on any atom is 0.371 e. The second-order valence-electron chi connectivity index (χ2n) is 7.58. The molecular formula is C19H19N7O6S2. The number of azo groups is 1. The van der Waals surface area contributed by atoms with E-state index in [0.29, 0.717) is 11.1 Å². The van der Waals surface area contributed by atoms with Gasteiger partial charge in [0.15, 0.2) is 22.3 Å². The summed E-state index contributed by atoms with van der Waals surface area (Å²) in [4.78, 5) is 21.0. The number of fused-ring (bicyclic) bond motifs is 1. The Hall–Kier alpha value is -3.53. The van der Waals surface area contributed by atoms with Gasteiger partial charge in [0.1, 0.15) is 4.90 Å². The summed E-state index contributed by atoms with van der Waals surface area (Å²) in [5.41, 5.74) is 6.55. The van der Waals surface area contributed by atoms with Crippen LogP contribution in [-0.4, -0.2) is 62.2 Å². The minimum absolute atomic E-state index is 0.0919. The van der Waals surface area contributed by atoms with Crippen molar-refractivity contribution < 1.29 is 26.7 Å². The lowest BCUT2D eigenvalue weighted by Crippen LogP contribution is -2.28. The van der Waals surface area contributed by atoms with Crippen molar-refractivity contribution in [3.8, 4) is 11.1 Å². The van der Waals surface area contributed by atoms with Gasteiger partial charge in [-0.05, 0) is 24.6 Å². The van der Waals surface area contributed by atoms with Gasteiger partial charge >= 0.3 is 5.97 Å². The molecule has 34 heavy (non-hydrogen) atoms. The zero-order valence-corrected chi connectivity index (χ0v) is 19.3. The Balaban J connectivity index is 2.14. The summed E-state index contributed by atoms with van der Waals surface area (Å²) in [7, 11) is -8.82. The molecule has 1 aliphatic rings. The molecular weight excluding hydrogens is 486 g/mol. The van der Waals surface area contributed by atoms with Crippen LogP contribution in [0, 0.1) is 0 Å². The number of nitrogens with zero attached hydrogens (tertiary/aromatic N) is 4. The number of imidazole rings is 1. The lowest BCUT2D eigenvalue weighted by Gasteiger charge is -2.17. The van der Waals surface area contributed by atoms with Crippen molar-refractivity contribution in [3.05, 3.63) is 41.7 Å². The summed E-state index contributed by atoms with van der Waals surface area (Å²) in [5.74, 6) is -2.29. The number of carbonyl (C=O) groups is 1. The summed E-state index contributed by atoms with van der Waals surface area (Å²) in [5, 5.41) is 22.4. The third-order valence-electron chi connectivity index (χ3n) is 4.90. The van der Waals surface area contributed by atoms with Crippen LogP contribution in [-0.2, 0) is 19.9 Å². The number of para-hydroxylation sites is 1. The smallest absolute Gasteiger partial charge is 0.371 e. The van der Waals surface area contributed by atoms with Crippen LogP contribution in [0.3, 0.4) is 0 Å². The number of benzene rings is 2. The Bertz CT molecular complexity index is 1610. The molecule has 1 aliphatic heterocycles. The molecule has 178 valence electrons. The minimum atomic E-state index is -4.64. The summed E-state index contributed by atoms with van der Waals surface area (Å²) in [6.07, 6.45) is 0. The molecule has 0 spiro atoms. The van der Waals surface area contributed by atoms with E-state index in [1.807, 2.05) is 0 Å². The molecule has 1 atom stereocenters. The first-order valence-electron chi connectivity index (χ1n) is 9.73. The van der Waals surface area contributed by atoms with Crippen LogP contribution >= 0.6 is 0 Å². The van der Waals surface area contributed by atoms with E-state index < -0.39 is 47.4 Å². The van der Waals surface area contributed by atoms with Crippen molar-refractivity contribution >= 4 is 42.7 Å². The van der Waals surface area contributed by atoms with Crippen molar-refractivity contribution in [2.75, 3.05) is 12.4 Å². The van der Waals surface area contributed by atoms with Crippen LogP contribution in [0.2, 0.25) is 0 Å². The van der Waals surface area contributed by atoms with Gasteiger partial charge in [-0.1, -0.05) is 18.2 Å². The van der Waals surface area contributed by atoms with Crippen LogP contribution < -0.4 is 10.9 Å². The van der Waals surface area contributed by atoms with Gasteiger partial charge in [-0.2, -0.15) is 5.11 Å². The molecule has 0 amide bonds. The third-order valence-corrected chi connectivity index (χ3v) is 8.00. The van der Waals surface area contributed by atoms with E-state index >= 15 is 0 Å². The number of aromatic nitrogens is 2. The van der Waals surface area contributed by atoms with Crippen LogP contribution in [0.5, 0.6) is 0 Å². The Morgan fingerprint density at radius 2 is 1.91 bits per heavy atom. The van der Waals surface area contributed by atoms with Crippen LogP contribution in [0.25, 0.3) is 22.2 Å². The molecule has 6 N–H and O–H groups in total. The number of hydrogen-bond donors (Lipinski definition) is 4. The number of primary sulfonamides is 1. The Labute approximate surface area is 193 Å². The van der Waals surface area contributed by atoms with Crippen molar-refractivity contribution in [1.29, 1.82) is 0 Å². The number of amidine groups is 1. The number of rotatable bonds is 7. The molecule has 3 aromatic rings. The van der Waals surface area contributed by atoms with Crippen molar-refractivity contribution in [3.63, 3.8) is 0 Å². The topological polar surface area (TPSA) is 223 Å². The fraction of sp³-hybridized carbons (Fsp3) is 0.211. The average Bonchev–Trinajstić information content (AvgIpc) is 3.40. The van der Waals surface area contributed by atoms with E-state index in [1.165, 1.54) is 13.0 Å². The lowest BCUT2D eigenvalue weighted by molar-refractivity contribution is 0.0685. The van der Waals surface area contributed by atoms with Crippen LogP contribution in [0.15, 0.2) is 55.3 Å². The van der Waals surface area contributed by atoms with Crippen molar-refractivity contribution in [2.45, 2.75) is 22.8 Å². The average molecular weight is 506 g/mol. The fourth-order valence-corrected chi connectivity index (χ4v) is 6.78. The number of aromatic amines is 1. The van der Waals surface area contributed by atoms with Crippen LogP contribution in [0.4, 0.5) is 0 Å². The monoisotopic (exact) mass is 505 g/mol. The number of nitrogens with two attached hydrogens (primary N) is 2. The predicted octanol–water partition coefficient (Wildman–Crippen LogP) is 0.866. The quantitative estimate of drug-likeness (QED) is 0.359. The molecule has 2 aromatic carbocycles. The lowest BCUT2D eigenvalue weighted by atomic mass is 9.97. The van der Waals surface area contributed by atoms with Gasteiger partial charge in [0, 0.05) is 11.6 Å². The number of aromatic carboxylic acids is 1. The number of aliphatic imine (C=N–C) groups is 1. The van der Waals surface area contributed by atoms with E-state index in [0.717, 1.165) is 6.07 Å². The fourth-order valence-electron chi connectivity index (χ4n) is 3.68. The van der Waals surface area contributed by atoms with Gasteiger partial charge in [-0.3, -0.25) is 0 Å². The van der Waals surface area contributed by atoms with E-state index in [1.54, 1.807) is 18.2 Å². The summed E-state index contributed by atoms with van der Waals surface area (Å²) < 4.78 is 51.6. The summed E-state index contributed by atoms with van der Waals surface area (Å²) >= 11 is 0. The molecule has 1 aromatic heterocycles. The second-order valence-corrected chi connectivity index (χ2v) is 11.1. The zero-order valence-electron chi connectivity index (χ0n) is 17.6.